The van der Waals surface area contributed by atoms with Gasteiger partial charge in [-0.3, -0.25) is 4.79 Å². The van der Waals surface area contributed by atoms with Gasteiger partial charge in [0.15, 0.2) is 5.78 Å². The number of carbonyl (C=O) groups is 1. The van der Waals surface area contributed by atoms with Crippen molar-refractivity contribution in [2.24, 2.45) is 0 Å². The lowest BCUT2D eigenvalue weighted by Gasteiger charge is -2.08. The molecule has 0 aliphatic carbocycles. The SMILES string of the molecule is O=C(CC1CCCO1)c1cc(F)cc(F)c1. The van der Waals surface area contributed by atoms with Crippen LogP contribution in [-0.4, -0.2) is 18.5 Å². The minimum Gasteiger partial charge on any atom is -0.378 e. The zero-order chi connectivity index (χ0) is 11.5. The van der Waals surface area contributed by atoms with Crippen LogP contribution in [0.4, 0.5) is 8.78 Å². The Morgan fingerprint density at radius 1 is 1.31 bits per heavy atom. The van der Waals surface area contributed by atoms with E-state index in [0.717, 1.165) is 31.0 Å². The van der Waals surface area contributed by atoms with Crippen molar-refractivity contribution in [1.29, 1.82) is 0 Å². The number of ketones is 1. The molecule has 1 heterocycles. The molecule has 1 fully saturated rings. The van der Waals surface area contributed by atoms with E-state index in [4.69, 9.17) is 4.74 Å². The van der Waals surface area contributed by atoms with Crippen molar-refractivity contribution in [3.63, 3.8) is 0 Å². The Bertz CT molecular complexity index is 378. The highest BCUT2D eigenvalue weighted by Crippen LogP contribution is 2.18. The van der Waals surface area contributed by atoms with Crippen molar-refractivity contribution in [1.82, 2.24) is 0 Å². The summed E-state index contributed by atoms with van der Waals surface area (Å²) in [7, 11) is 0. The zero-order valence-electron chi connectivity index (χ0n) is 8.71. The van der Waals surface area contributed by atoms with Crippen LogP contribution in [0.5, 0.6) is 0 Å². The van der Waals surface area contributed by atoms with E-state index in [1.54, 1.807) is 0 Å². The maximum absolute atomic E-state index is 12.9. The van der Waals surface area contributed by atoms with Crippen LogP contribution in [0.15, 0.2) is 18.2 Å². The van der Waals surface area contributed by atoms with Gasteiger partial charge >= 0.3 is 0 Å². The van der Waals surface area contributed by atoms with Crippen LogP contribution in [0, 0.1) is 11.6 Å². The molecule has 16 heavy (non-hydrogen) atoms. The Morgan fingerprint density at radius 2 is 2.00 bits per heavy atom. The van der Waals surface area contributed by atoms with Gasteiger partial charge in [-0.1, -0.05) is 0 Å². The monoisotopic (exact) mass is 226 g/mol. The Balaban J connectivity index is 2.07. The third-order valence-electron chi connectivity index (χ3n) is 2.62. The number of carbonyl (C=O) groups excluding carboxylic acids is 1. The molecule has 86 valence electrons. The largest absolute Gasteiger partial charge is 0.378 e. The molecule has 1 aliphatic rings. The third-order valence-corrected chi connectivity index (χ3v) is 2.62. The van der Waals surface area contributed by atoms with Crippen LogP contribution < -0.4 is 0 Å². The van der Waals surface area contributed by atoms with E-state index in [0.29, 0.717) is 6.61 Å². The van der Waals surface area contributed by atoms with Crippen molar-refractivity contribution in [3.05, 3.63) is 35.4 Å². The second kappa shape index (κ2) is 4.70. The molecule has 2 rings (SSSR count). The van der Waals surface area contributed by atoms with Crippen molar-refractivity contribution >= 4 is 5.78 Å². The molecule has 1 unspecified atom stereocenters. The first-order valence-corrected chi connectivity index (χ1v) is 5.26. The van der Waals surface area contributed by atoms with Gasteiger partial charge in [0.25, 0.3) is 0 Å². The minimum atomic E-state index is -0.726. The molecule has 1 aromatic rings. The van der Waals surface area contributed by atoms with E-state index in [2.05, 4.69) is 0 Å². The summed E-state index contributed by atoms with van der Waals surface area (Å²) < 4.78 is 31.1. The number of benzene rings is 1. The van der Waals surface area contributed by atoms with Crippen molar-refractivity contribution in [2.45, 2.75) is 25.4 Å². The molecule has 0 saturated carbocycles. The van der Waals surface area contributed by atoms with Crippen LogP contribution >= 0.6 is 0 Å². The first-order valence-electron chi connectivity index (χ1n) is 5.26. The average molecular weight is 226 g/mol. The van der Waals surface area contributed by atoms with E-state index >= 15 is 0 Å². The summed E-state index contributed by atoms with van der Waals surface area (Å²) in [6.45, 7) is 0.662. The number of hydrogen-bond acceptors (Lipinski definition) is 2. The summed E-state index contributed by atoms with van der Waals surface area (Å²) in [6, 6.07) is 2.86. The first kappa shape index (κ1) is 11.2. The summed E-state index contributed by atoms with van der Waals surface area (Å²) in [5.41, 5.74) is 0.0769. The summed E-state index contributed by atoms with van der Waals surface area (Å²) in [6.07, 6.45) is 1.88. The Labute approximate surface area is 92.2 Å². The van der Waals surface area contributed by atoms with E-state index in [1.165, 1.54) is 0 Å². The fourth-order valence-electron chi connectivity index (χ4n) is 1.84. The van der Waals surface area contributed by atoms with E-state index in [1.807, 2.05) is 0 Å². The molecule has 0 N–H and O–H groups in total. The predicted octanol–water partition coefficient (Wildman–Crippen LogP) is 2.72. The lowest BCUT2D eigenvalue weighted by Crippen LogP contribution is -2.13. The summed E-state index contributed by atoms with van der Waals surface area (Å²) >= 11 is 0. The smallest absolute Gasteiger partial charge is 0.165 e. The lowest BCUT2D eigenvalue weighted by atomic mass is 10.0. The summed E-state index contributed by atoms with van der Waals surface area (Å²) in [5.74, 6) is -1.73. The molecular weight excluding hydrogens is 214 g/mol. The molecule has 1 saturated heterocycles. The van der Waals surface area contributed by atoms with Gasteiger partial charge in [-0.15, -0.1) is 0 Å². The highest BCUT2D eigenvalue weighted by molar-refractivity contribution is 5.96. The predicted molar refractivity (Wildman–Crippen MR) is 54.3 cm³/mol. The molecule has 0 radical (unpaired) electrons. The van der Waals surface area contributed by atoms with Gasteiger partial charge in [0.05, 0.1) is 6.10 Å². The molecular formula is C12H12F2O2. The highest BCUT2D eigenvalue weighted by Gasteiger charge is 2.20. The molecule has 2 nitrogen and oxygen atoms in total. The lowest BCUT2D eigenvalue weighted by molar-refractivity contribution is 0.0775. The Morgan fingerprint density at radius 3 is 2.56 bits per heavy atom. The molecule has 0 aromatic heterocycles. The van der Waals surface area contributed by atoms with Gasteiger partial charge in [-0.05, 0) is 25.0 Å². The van der Waals surface area contributed by atoms with Crippen LogP contribution in [-0.2, 0) is 4.74 Å². The number of halogens is 2. The minimum absolute atomic E-state index is 0.0769. The van der Waals surface area contributed by atoms with Crippen molar-refractivity contribution < 1.29 is 18.3 Å². The topological polar surface area (TPSA) is 26.3 Å². The maximum atomic E-state index is 12.9. The third kappa shape index (κ3) is 2.64. The van der Waals surface area contributed by atoms with Crippen molar-refractivity contribution in [2.75, 3.05) is 6.61 Å². The van der Waals surface area contributed by atoms with Crippen LogP contribution in [0.1, 0.15) is 29.6 Å². The molecule has 1 aliphatic heterocycles. The van der Waals surface area contributed by atoms with Gasteiger partial charge in [-0.2, -0.15) is 0 Å². The quantitative estimate of drug-likeness (QED) is 0.741. The van der Waals surface area contributed by atoms with Gasteiger partial charge in [-0.25, -0.2) is 8.78 Å². The number of Topliss-reactive ketones (excluding diaryl/α,β-unsaturated/α-hetero) is 1. The van der Waals surface area contributed by atoms with E-state index in [9.17, 15) is 13.6 Å². The number of hydrogen-bond donors (Lipinski definition) is 0. The summed E-state index contributed by atoms with van der Waals surface area (Å²) in [5, 5.41) is 0. The molecule has 0 spiro atoms. The zero-order valence-corrected chi connectivity index (χ0v) is 8.71. The standard InChI is InChI=1S/C12H12F2O2/c13-9-4-8(5-10(14)6-9)12(15)7-11-2-1-3-16-11/h4-6,11H,1-3,7H2. The van der Waals surface area contributed by atoms with Gasteiger partial charge in [0.1, 0.15) is 11.6 Å². The second-order valence-corrected chi connectivity index (χ2v) is 3.92. The molecule has 4 heteroatoms. The van der Waals surface area contributed by atoms with Crippen LogP contribution in [0.2, 0.25) is 0 Å². The fraction of sp³-hybridized carbons (Fsp3) is 0.417. The summed E-state index contributed by atoms with van der Waals surface area (Å²) in [4.78, 5) is 11.7. The van der Waals surface area contributed by atoms with Gasteiger partial charge < -0.3 is 4.74 Å². The fourth-order valence-corrected chi connectivity index (χ4v) is 1.84. The first-order chi connectivity index (χ1) is 7.65. The average Bonchev–Trinajstić information content (AvgIpc) is 2.68. The van der Waals surface area contributed by atoms with Crippen LogP contribution in [0.25, 0.3) is 0 Å². The number of ether oxygens (including phenoxy) is 1. The second-order valence-electron chi connectivity index (χ2n) is 3.92. The van der Waals surface area contributed by atoms with Gasteiger partial charge in [0.2, 0.25) is 0 Å². The van der Waals surface area contributed by atoms with Crippen LogP contribution in [0.3, 0.4) is 0 Å². The normalized spacial score (nSPS) is 20.0. The molecule has 0 amide bonds. The maximum Gasteiger partial charge on any atom is 0.165 e. The van der Waals surface area contributed by atoms with E-state index in [-0.39, 0.29) is 23.9 Å². The Hall–Kier alpha value is -1.29. The van der Waals surface area contributed by atoms with E-state index < -0.39 is 11.6 Å². The number of rotatable bonds is 3. The Kier molecular flexibility index (Phi) is 3.29. The van der Waals surface area contributed by atoms with Crippen molar-refractivity contribution in [3.8, 4) is 0 Å². The highest BCUT2D eigenvalue weighted by atomic mass is 19.1. The molecule has 1 atom stereocenters. The molecule has 0 bridgehead atoms. The van der Waals surface area contributed by atoms with Gasteiger partial charge in [0, 0.05) is 24.7 Å². The molecule has 1 aromatic carbocycles.